The van der Waals surface area contributed by atoms with Crippen molar-refractivity contribution in [3.8, 4) is 0 Å². The zero-order chi connectivity index (χ0) is 29.2. The van der Waals surface area contributed by atoms with Crippen LogP contribution in [0.25, 0.3) is 0 Å². The molecule has 1 aromatic rings. The molecule has 1 aromatic carbocycles. The monoisotopic (exact) mass is 579 g/mol. The maximum Gasteiger partial charge on any atom is 0.416 e. The number of ether oxygens (including phenoxy) is 2. The quantitative estimate of drug-likeness (QED) is 0.399. The SMILES string of the molecule is CCOC(=O)[C@H]1CCCN(C(=O)CC2=CSC3=NC(C)=C(C(=O)OC(C)C)[C@H](c4ccc(C(F)(F)F)cc4)N23)C1. The minimum absolute atomic E-state index is 0.0374. The molecule has 12 heteroatoms. The third-order valence-electron chi connectivity index (χ3n) is 6.84. The summed E-state index contributed by atoms with van der Waals surface area (Å²) >= 11 is 1.28. The number of amides is 1. The van der Waals surface area contributed by atoms with Gasteiger partial charge < -0.3 is 19.3 Å². The largest absolute Gasteiger partial charge is 0.466 e. The molecule has 40 heavy (non-hydrogen) atoms. The highest BCUT2D eigenvalue weighted by molar-refractivity contribution is 8.16. The molecule has 4 rings (SSSR count). The van der Waals surface area contributed by atoms with Gasteiger partial charge in [0.1, 0.15) is 0 Å². The van der Waals surface area contributed by atoms with Crippen molar-refractivity contribution in [3.63, 3.8) is 0 Å². The second kappa shape index (κ2) is 12.1. The number of aliphatic imine (C=N–C) groups is 1. The average molecular weight is 580 g/mol. The minimum Gasteiger partial charge on any atom is -0.466 e. The molecule has 8 nitrogen and oxygen atoms in total. The van der Waals surface area contributed by atoms with Crippen molar-refractivity contribution in [3.05, 3.63) is 57.8 Å². The molecule has 0 unspecified atom stereocenters. The number of benzene rings is 1. The normalized spacial score (nSPS) is 21.2. The van der Waals surface area contributed by atoms with Crippen molar-refractivity contribution < 1.29 is 37.0 Å². The fourth-order valence-electron chi connectivity index (χ4n) is 5.00. The Bertz CT molecular complexity index is 1260. The average Bonchev–Trinajstić information content (AvgIpc) is 3.28. The number of halogens is 3. The number of hydrogen-bond donors (Lipinski definition) is 0. The zero-order valence-electron chi connectivity index (χ0n) is 22.8. The Morgan fingerprint density at radius 1 is 1.18 bits per heavy atom. The molecule has 0 radical (unpaired) electrons. The highest BCUT2D eigenvalue weighted by Crippen LogP contribution is 2.45. The van der Waals surface area contributed by atoms with Crippen LogP contribution in [0.1, 0.15) is 64.1 Å². The van der Waals surface area contributed by atoms with Crippen molar-refractivity contribution in [1.82, 2.24) is 9.80 Å². The van der Waals surface area contributed by atoms with Gasteiger partial charge >= 0.3 is 18.1 Å². The van der Waals surface area contributed by atoms with Crippen LogP contribution in [-0.2, 0) is 30.0 Å². The van der Waals surface area contributed by atoms with Gasteiger partial charge in [-0.15, -0.1) is 0 Å². The van der Waals surface area contributed by atoms with E-state index in [1.54, 1.807) is 42.9 Å². The van der Waals surface area contributed by atoms with Crippen LogP contribution in [0.4, 0.5) is 13.2 Å². The lowest BCUT2D eigenvalue weighted by molar-refractivity contribution is -0.151. The van der Waals surface area contributed by atoms with Crippen LogP contribution in [0, 0.1) is 5.92 Å². The molecule has 1 fully saturated rings. The topological polar surface area (TPSA) is 88.5 Å². The van der Waals surface area contributed by atoms with Gasteiger partial charge in [0.05, 0.1) is 47.9 Å². The van der Waals surface area contributed by atoms with Gasteiger partial charge in [0.15, 0.2) is 5.17 Å². The lowest BCUT2D eigenvalue weighted by atomic mass is 9.93. The highest BCUT2D eigenvalue weighted by Gasteiger charge is 2.42. The number of fused-ring (bicyclic) bond motifs is 1. The summed E-state index contributed by atoms with van der Waals surface area (Å²) in [4.78, 5) is 46.9. The Hall–Kier alpha value is -3.28. The van der Waals surface area contributed by atoms with Gasteiger partial charge in [-0.25, -0.2) is 9.79 Å². The Labute approximate surface area is 235 Å². The van der Waals surface area contributed by atoms with Gasteiger partial charge in [-0.2, -0.15) is 13.2 Å². The maximum absolute atomic E-state index is 13.4. The van der Waals surface area contributed by atoms with Crippen molar-refractivity contribution in [2.24, 2.45) is 10.9 Å². The van der Waals surface area contributed by atoms with E-state index in [4.69, 9.17) is 9.47 Å². The van der Waals surface area contributed by atoms with E-state index < -0.39 is 29.9 Å². The molecule has 3 aliphatic heterocycles. The summed E-state index contributed by atoms with van der Waals surface area (Å²) in [6, 6.07) is 3.78. The first kappa shape index (κ1) is 29.7. The number of nitrogens with zero attached hydrogens (tertiary/aromatic N) is 3. The fraction of sp³-hybridized carbons (Fsp3) is 0.500. The van der Waals surface area contributed by atoms with Crippen molar-refractivity contribution in [2.45, 2.75) is 65.3 Å². The zero-order valence-corrected chi connectivity index (χ0v) is 23.6. The number of carbonyl (C=O) groups excluding carboxylic acids is 3. The molecular weight excluding hydrogens is 547 g/mol. The number of amidine groups is 1. The summed E-state index contributed by atoms with van der Waals surface area (Å²) in [6.45, 7) is 7.83. The summed E-state index contributed by atoms with van der Waals surface area (Å²) in [7, 11) is 0. The van der Waals surface area contributed by atoms with Gasteiger partial charge in [0, 0.05) is 18.8 Å². The lowest BCUT2D eigenvalue weighted by Crippen LogP contribution is -2.44. The van der Waals surface area contributed by atoms with E-state index in [2.05, 4.69) is 4.99 Å². The Morgan fingerprint density at radius 2 is 1.88 bits per heavy atom. The lowest BCUT2D eigenvalue weighted by Gasteiger charge is -2.37. The van der Waals surface area contributed by atoms with E-state index in [0.29, 0.717) is 41.5 Å². The number of carbonyl (C=O) groups is 3. The minimum atomic E-state index is -4.51. The number of piperidine rings is 1. The van der Waals surface area contributed by atoms with Gasteiger partial charge in [-0.3, -0.25) is 9.59 Å². The third-order valence-corrected chi connectivity index (χ3v) is 7.73. The highest BCUT2D eigenvalue weighted by atomic mass is 32.2. The van der Waals surface area contributed by atoms with E-state index >= 15 is 0 Å². The number of thioether (sulfide) groups is 1. The van der Waals surface area contributed by atoms with E-state index in [0.717, 1.165) is 12.1 Å². The number of hydrogen-bond acceptors (Lipinski definition) is 8. The Balaban J connectivity index is 1.64. The van der Waals surface area contributed by atoms with Crippen LogP contribution in [0.2, 0.25) is 0 Å². The molecule has 0 N–H and O–H groups in total. The molecular formula is C28H32F3N3O5S. The van der Waals surface area contributed by atoms with E-state index in [-0.39, 0.29) is 42.9 Å². The smallest absolute Gasteiger partial charge is 0.416 e. The van der Waals surface area contributed by atoms with Gasteiger partial charge in [-0.05, 0) is 63.6 Å². The number of esters is 2. The van der Waals surface area contributed by atoms with Gasteiger partial charge in [0.2, 0.25) is 5.91 Å². The van der Waals surface area contributed by atoms with Crippen LogP contribution in [0.5, 0.6) is 0 Å². The van der Waals surface area contributed by atoms with Crippen LogP contribution < -0.4 is 0 Å². The van der Waals surface area contributed by atoms with Crippen LogP contribution in [0.15, 0.2) is 51.6 Å². The molecule has 3 aliphatic rings. The number of allylic oxidation sites excluding steroid dienone is 1. The molecule has 3 heterocycles. The first-order valence-electron chi connectivity index (χ1n) is 13.2. The van der Waals surface area contributed by atoms with Crippen molar-refractivity contribution in [1.29, 1.82) is 0 Å². The van der Waals surface area contributed by atoms with Gasteiger partial charge in [-0.1, -0.05) is 23.9 Å². The second-order valence-corrected chi connectivity index (χ2v) is 10.9. The first-order valence-corrected chi connectivity index (χ1v) is 14.1. The molecule has 2 atom stereocenters. The first-order chi connectivity index (χ1) is 18.9. The summed E-state index contributed by atoms with van der Waals surface area (Å²) in [6.07, 6.45) is -3.67. The number of rotatable bonds is 7. The predicted molar refractivity (Wildman–Crippen MR) is 144 cm³/mol. The standard InChI is InChI=1S/C28H32F3N3O5S/c1-5-38-25(36)19-7-6-12-33(14-19)22(35)13-21-15-40-27-32-17(4)23(26(37)39-16(2)3)24(34(21)27)18-8-10-20(11-9-18)28(29,30)31/h8-11,15-16,19,24H,5-7,12-14H2,1-4H3/t19-,24-/m0/s1. The third kappa shape index (κ3) is 6.37. The van der Waals surface area contributed by atoms with Crippen LogP contribution in [-0.4, -0.2) is 58.6 Å². The maximum atomic E-state index is 13.4. The van der Waals surface area contributed by atoms with E-state index in [1.165, 1.54) is 23.9 Å². The Morgan fingerprint density at radius 3 is 2.50 bits per heavy atom. The molecule has 0 bridgehead atoms. The van der Waals surface area contributed by atoms with Crippen LogP contribution >= 0.6 is 11.8 Å². The molecule has 0 spiro atoms. The summed E-state index contributed by atoms with van der Waals surface area (Å²) < 4.78 is 50.5. The summed E-state index contributed by atoms with van der Waals surface area (Å²) in [5.41, 5.74) is 0.758. The second-order valence-electron chi connectivity index (χ2n) is 10.1. The molecule has 216 valence electrons. The van der Waals surface area contributed by atoms with Gasteiger partial charge in [0.25, 0.3) is 0 Å². The predicted octanol–water partition coefficient (Wildman–Crippen LogP) is 5.42. The number of alkyl halides is 3. The van der Waals surface area contributed by atoms with Crippen molar-refractivity contribution >= 4 is 34.8 Å². The van der Waals surface area contributed by atoms with Crippen LogP contribution in [0.3, 0.4) is 0 Å². The fourth-order valence-corrected chi connectivity index (χ4v) is 5.97. The van der Waals surface area contributed by atoms with Crippen molar-refractivity contribution in [2.75, 3.05) is 19.7 Å². The molecule has 0 saturated carbocycles. The summed E-state index contributed by atoms with van der Waals surface area (Å²) in [5, 5.41) is 2.28. The van der Waals surface area contributed by atoms with E-state index in [9.17, 15) is 27.6 Å². The molecule has 1 saturated heterocycles. The Kier molecular flexibility index (Phi) is 8.96. The molecule has 0 aliphatic carbocycles. The number of likely N-dealkylation sites (tertiary alicyclic amines) is 1. The van der Waals surface area contributed by atoms with E-state index in [1.807, 2.05) is 0 Å². The molecule has 0 aromatic heterocycles. The molecule has 1 amide bonds. The summed E-state index contributed by atoms with van der Waals surface area (Å²) in [5.74, 6) is -1.54.